The second-order valence-electron chi connectivity index (χ2n) is 4.54. The molecule has 0 atom stereocenters. The van der Waals surface area contributed by atoms with E-state index in [2.05, 4.69) is 4.98 Å². The van der Waals surface area contributed by atoms with Gasteiger partial charge in [0.25, 0.3) is 0 Å². The molecule has 0 aliphatic carbocycles. The molecule has 0 saturated heterocycles. The molecule has 0 spiro atoms. The van der Waals surface area contributed by atoms with Crippen LogP contribution >= 0.6 is 12.4 Å². The number of rotatable bonds is 6. The van der Waals surface area contributed by atoms with Gasteiger partial charge in [-0.15, -0.1) is 12.4 Å². The lowest BCUT2D eigenvalue weighted by Gasteiger charge is -2.12. The Morgan fingerprint density at radius 1 is 1.48 bits per heavy atom. The fourth-order valence-electron chi connectivity index (χ4n) is 1.78. The highest BCUT2D eigenvalue weighted by Gasteiger charge is 2.10. The average Bonchev–Trinajstić information content (AvgIpc) is 2.85. The maximum Gasteiger partial charge on any atom is 0.304 e. The highest BCUT2D eigenvalue weighted by molar-refractivity contribution is 5.85. The number of aliphatic carboxylic acids is 1. The molecule has 21 heavy (non-hydrogen) atoms. The van der Waals surface area contributed by atoms with E-state index in [4.69, 9.17) is 9.52 Å². The van der Waals surface area contributed by atoms with Gasteiger partial charge >= 0.3 is 5.97 Å². The highest BCUT2D eigenvalue weighted by Crippen LogP contribution is 2.19. The molecule has 0 saturated carbocycles. The van der Waals surface area contributed by atoms with Crippen LogP contribution in [0.15, 0.2) is 34.9 Å². The lowest BCUT2D eigenvalue weighted by Crippen LogP contribution is -2.21. The molecule has 0 aliphatic rings. The minimum atomic E-state index is -0.836. The van der Waals surface area contributed by atoms with E-state index in [1.807, 2.05) is 4.90 Å². The maximum absolute atomic E-state index is 13.1. The summed E-state index contributed by atoms with van der Waals surface area (Å²) >= 11 is 0. The summed E-state index contributed by atoms with van der Waals surface area (Å²) in [5.41, 5.74) is 1.25. The van der Waals surface area contributed by atoms with Gasteiger partial charge in [-0.1, -0.05) is 6.07 Å². The van der Waals surface area contributed by atoms with Crippen LogP contribution < -0.4 is 0 Å². The zero-order chi connectivity index (χ0) is 14.5. The zero-order valence-electron chi connectivity index (χ0n) is 11.5. The molecule has 7 heteroatoms. The molecule has 0 amide bonds. The van der Waals surface area contributed by atoms with Crippen LogP contribution in [-0.2, 0) is 11.3 Å². The van der Waals surface area contributed by atoms with Gasteiger partial charge in [-0.2, -0.15) is 0 Å². The van der Waals surface area contributed by atoms with Crippen molar-refractivity contribution in [2.24, 2.45) is 0 Å². The van der Waals surface area contributed by atoms with Crippen LogP contribution in [0.25, 0.3) is 11.5 Å². The molecule has 5 nitrogen and oxygen atoms in total. The van der Waals surface area contributed by atoms with E-state index in [-0.39, 0.29) is 24.6 Å². The Kier molecular flexibility index (Phi) is 6.33. The van der Waals surface area contributed by atoms with Crippen LogP contribution in [0.1, 0.15) is 12.1 Å². The molecule has 1 aromatic carbocycles. The highest BCUT2D eigenvalue weighted by atomic mass is 35.5. The SMILES string of the molecule is CN(CCC(=O)O)Cc1coc(-c2cccc(F)c2)n1.Cl. The molecule has 1 heterocycles. The summed E-state index contributed by atoms with van der Waals surface area (Å²) in [7, 11) is 1.81. The summed E-state index contributed by atoms with van der Waals surface area (Å²) in [6, 6.07) is 6.01. The summed E-state index contributed by atoms with van der Waals surface area (Å²) < 4.78 is 18.4. The first-order valence-corrected chi connectivity index (χ1v) is 6.15. The van der Waals surface area contributed by atoms with Crippen LogP contribution in [0.2, 0.25) is 0 Å². The van der Waals surface area contributed by atoms with Gasteiger partial charge in [-0.3, -0.25) is 9.69 Å². The number of hydrogen-bond donors (Lipinski definition) is 1. The molecule has 0 unspecified atom stereocenters. The molecule has 2 aromatic rings. The van der Waals surface area contributed by atoms with Gasteiger partial charge in [0, 0.05) is 18.7 Å². The third-order valence-corrected chi connectivity index (χ3v) is 2.76. The predicted octanol–water partition coefficient (Wildman–Crippen LogP) is 2.81. The van der Waals surface area contributed by atoms with Crippen molar-refractivity contribution in [2.75, 3.05) is 13.6 Å². The summed E-state index contributed by atoms with van der Waals surface area (Å²) in [6.45, 7) is 0.906. The minimum Gasteiger partial charge on any atom is -0.481 e. The van der Waals surface area contributed by atoms with Crippen molar-refractivity contribution in [3.63, 3.8) is 0 Å². The Morgan fingerprint density at radius 3 is 2.90 bits per heavy atom. The van der Waals surface area contributed by atoms with Crippen molar-refractivity contribution < 1.29 is 18.7 Å². The second kappa shape index (κ2) is 7.75. The maximum atomic E-state index is 13.1. The first kappa shape index (κ1) is 17.1. The molecule has 1 N–H and O–H groups in total. The van der Waals surface area contributed by atoms with E-state index in [0.29, 0.717) is 30.2 Å². The van der Waals surface area contributed by atoms with Gasteiger partial charge in [0.15, 0.2) is 0 Å². The number of hydrogen-bond acceptors (Lipinski definition) is 4. The van der Waals surface area contributed by atoms with Crippen LogP contribution in [0.5, 0.6) is 0 Å². The fraction of sp³-hybridized carbons (Fsp3) is 0.286. The summed E-state index contributed by atoms with van der Waals surface area (Å²) in [5.74, 6) is -0.829. The smallest absolute Gasteiger partial charge is 0.304 e. The van der Waals surface area contributed by atoms with Crippen LogP contribution in [0, 0.1) is 5.82 Å². The normalized spacial score (nSPS) is 10.4. The quantitative estimate of drug-likeness (QED) is 0.888. The molecule has 114 valence electrons. The number of benzene rings is 1. The number of carboxylic acid groups (broad SMARTS) is 1. The summed E-state index contributed by atoms with van der Waals surface area (Å²) in [5, 5.41) is 8.61. The number of carbonyl (C=O) groups is 1. The van der Waals surface area contributed by atoms with Gasteiger partial charge in [-0.25, -0.2) is 9.37 Å². The first-order chi connectivity index (χ1) is 9.54. The molecular weight excluding hydrogens is 299 g/mol. The van der Waals surface area contributed by atoms with Crippen molar-refractivity contribution >= 4 is 18.4 Å². The van der Waals surface area contributed by atoms with Crippen molar-refractivity contribution in [3.05, 3.63) is 42.0 Å². The Bertz CT molecular complexity index is 603. The molecule has 0 aliphatic heterocycles. The van der Waals surface area contributed by atoms with Gasteiger partial charge in [0.2, 0.25) is 5.89 Å². The standard InChI is InChI=1S/C14H15FN2O3.ClH/c1-17(6-5-13(18)19)8-12-9-20-14(16-12)10-3-2-4-11(15)7-10;/h2-4,7,9H,5-6,8H2,1H3,(H,18,19);1H. The molecule has 2 rings (SSSR count). The monoisotopic (exact) mass is 314 g/mol. The Morgan fingerprint density at radius 2 is 2.24 bits per heavy atom. The third-order valence-electron chi connectivity index (χ3n) is 2.76. The Balaban J connectivity index is 0.00000220. The first-order valence-electron chi connectivity index (χ1n) is 6.15. The van der Waals surface area contributed by atoms with Gasteiger partial charge in [0.05, 0.1) is 12.1 Å². The van der Waals surface area contributed by atoms with Crippen molar-refractivity contribution in [1.82, 2.24) is 9.88 Å². The number of nitrogens with zero attached hydrogens (tertiary/aromatic N) is 2. The van der Waals surface area contributed by atoms with Crippen LogP contribution in [0.4, 0.5) is 4.39 Å². The minimum absolute atomic E-state index is 0. The molecule has 0 radical (unpaired) electrons. The summed E-state index contributed by atoms with van der Waals surface area (Å²) in [6.07, 6.45) is 1.57. The zero-order valence-corrected chi connectivity index (χ0v) is 12.3. The Hall–Kier alpha value is -1.92. The molecule has 0 bridgehead atoms. The van der Waals surface area contributed by atoms with Crippen LogP contribution in [0.3, 0.4) is 0 Å². The lowest BCUT2D eigenvalue weighted by molar-refractivity contribution is -0.137. The van der Waals surface area contributed by atoms with E-state index in [1.165, 1.54) is 18.4 Å². The van der Waals surface area contributed by atoms with E-state index >= 15 is 0 Å². The fourth-order valence-corrected chi connectivity index (χ4v) is 1.78. The number of aromatic nitrogens is 1. The van der Waals surface area contributed by atoms with Gasteiger partial charge in [-0.05, 0) is 25.2 Å². The average molecular weight is 315 g/mol. The van der Waals surface area contributed by atoms with E-state index in [1.54, 1.807) is 19.2 Å². The Labute approximate surface area is 127 Å². The van der Waals surface area contributed by atoms with E-state index < -0.39 is 5.97 Å². The second-order valence-corrected chi connectivity index (χ2v) is 4.54. The van der Waals surface area contributed by atoms with E-state index in [0.717, 1.165) is 0 Å². The number of oxazole rings is 1. The summed E-state index contributed by atoms with van der Waals surface area (Å²) in [4.78, 5) is 16.6. The number of carboxylic acids is 1. The van der Waals surface area contributed by atoms with Crippen molar-refractivity contribution in [2.45, 2.75) is 13.0 Å². The van der Waals surface area contributed by atoms with Crippen molar-refractivity contribution in [3.8, 4) is 11.5 Å². The molecule has 0 fully saturated rings. The van der Waals surface area contributed by atoms with Gasteiger partial charge in [0.1, 0.15) is 12.1 Å². The third kappa shape index (κ3) is 5.17. The number of halogens is 2. The molecular formula is C14H16ClFN2O3. The van der Waals surface area contributed by atoms with E-state index in [9.17, 15) is 9.18 Å². The topological polar surface area (TPSA) is 66.6 Å². The largest absolute Gasteiger partial charge is 0.481 e. The van der Waals surface area contributed by atoms with Crippen LogP contribution in [-0.4, -0.2) is 34.6 Å². The van der Waals surface area contributed by atoms with Gasteiger partial charge < -0.3 is 9.52 Å². The lowest BCUT2D eigenvalue weighted by atomic mass is 10.2. The molecule has 1 aromatic heterocycles. The predicted molar refractivity (Wildman–Crippen MR) is 77.7 cm³/mol. The van der Waals surface area contributed by atoms with Crippen molar-refractivity contribution in [1.29, 1.82) is 0 Å².